The van der Waals surface area contributed by atoms with E-state index in [1.807, 2.05) is 4.90 Å². The Bertz CT molecular complexity index is 967. The van der Waals surface area contributed by atoms with Crippen molar-refractivity contribution in [1.82, 2.24) is 10.2 Å². The summed E-state index contributed by atoms with van der Waals surface area (Å²) in [7, 11) is 0. The van der Waals surface area contributed by atoms with Crippen LogP contribution in [0.4, 0.5) is 13.2 Å². The third-order valence-corrected chi connectivity index (χ3v) is 6.13. The fourth-order valence-corrected chi connectivity index (χ4v) is 4.21. The van der Waals surface area contributed by atoms with E-state index in [4.69, 9.17) is 5.11 Å². The van der Waals surface area contributed by atoms with Crippen molar-refractivity contribution in [2.75, 3.05) is 6.54 Å². The predicted octanol–water partition coefficient (Wildman–Crippen LogP) is 4.17. The van der Waals surface area contributed by atoms with E-state index in [-0.39, 0.29) is 17.5 Å². The Balaban J connectivity index is 1.41. The van der Waals surface area contributed by atoms with Crippen molar-refractivity contribution in [1.29, 1.82) is 0 Å². The number of carboxylic acid groups (broad SMARTS) is 1. The lowest BCUT2D eigenvalue weighted by Gasteiger charge is -2.27. The van der Waals surface area contributed by atoms with Gasteiger partial charge in [-0.05, 0) is 67.6 Å². The van der Waals surface area contributed by atoms with Crippen molar-refractivity contribution in [2.24, 2.45) is 0 Å². The molecule has 0 spiro atoms. The molecule has 2 aromatic carbocycles. The lowest BCUT2D eigenvalue weighted by atomic mass is 10.0. The van der Waals surface area contributed by atoms with E-state index in [9.17, 15) is 22.8 Å². The average molecular weight is 432 g/mol. The van der Waals surface area contributed by atoms with Gasteiger partial charge >= 0.3 is 12.1 Å². The van der Waals surface area contributed by atoms with Gasteiger partial charge in [-0.3, -0.25) is 9.69 Å². The van der Waals surface area contributed by atoms with E-state index in [0.717, 1.165) is 42.5 Å². The fraction of sp³-hybridized carbons (Fsp3) is 0.391. The van der Waals surface area contributed by atoms with Crippen LogP contribution >= 0.6 is 0 Å². The summed E-state index contributed by atoms with van der Waals surface area (Å²) in [6.07, 6.45) is -1.25. The van der Waals surface area contributed by atoms with Crippen LogP contribution in [0.3, 0.4) is 0 Å². The van der Waals surface area contributed by atoms with E-state index in [2.05, 4.69) is 5.32 Å². The highest BCUT2D eigenvalue weighted by Crippen LogP contribution is 2.46. The number of nitrogens with one attached hydrogen (secondary N) is 1. The molecule has 0 bridgehead atoms. The molecule has 164 valence electrons. The maximum atomic E-state index is 13.0. The lowest BCUT2D eigenvalue weighted by Crippen LogP contribution is -2.46. The number of nitrogens with zero attached hydrogens (tertiary/aromatic N) is 1. The number of alkyl halides is 3. The number of hydrogen-bond acceptors (Lipinski definition) is 3. The number of carboxylic acids is 1. The van der Waals surface area contributed by atoms with Gasteiger partial charge in [0.25, 0.3) is 0 Å². The Hall–Kier alpha value is -2.87. The number of hydrogen-bond donors (Lipinski definition) is 2. The zero-order valence-electron chi connectivity index (χ0n) is 16.8. The summed E-state index contributed by atoms with van der Waals surface area (Å²) < 4.78 is 38.3. The Morgan fingerprint density at radius 3 is 2.26 bits per heavy atom. The maximum Gasteiger partial charge on any atom is 0.416 e. The molecule has 1 heterocycles. The van der Waals surface area contributed by atoms with Crippen molar-refractivity contribution < 1.29 is 27.9 Å². The molecule has 2 aliphatic rings. The number of amides is 1. The first-order chi connectivity index (χ1) is 14.7. The third kappa shape index (κ3) is 4.58. The van der Waals surface area contributed by atoms with Crippen molar-refractivity contribution in [2.45, 2.75) is 50.0 Å². The van der Waals surface area contributed by atoms with Gasteiger partial charge < -0.3 is 10.4 Å². The molecule has 31 heavy (non-hydrogen) atoms. The molecule has 2 aromatic rings. The van der Waals surface area contributed by atoms with Crippen LogP contribution in [0.15, 0.2) is 48.5 Å². The molecule has 4 rings (SSSR count). The first kappa shape index (κ1) is 21.4. The summed E-state index contributed by atoms with van der Waals surface area (Å²) >= 11 is 0. The molecule has 1 saturated carbocycles. The minimum Gasteiger partial charge on any atom is -0.478 e. The molecule has 0 radical (unpaired) electrons. The molecule has 1 saturated heterocycles. The molecule has 1 aliphatic heterocycles. The Labute approximate surface area is 177 Å². The summed E-state index contributed by atoms with van der Waals surface area (Å²) in [5, 5.41) is 12.2. The smallest absolute Gasteiger partial charge is 0.416 e. The first-order valence-electron chi connectivity index (χ1n) is 10.2. The van der Waals surface area contributed by atoms with Gasteiger partial charge in [0.1, 0.15) is 0 Å². The van der Waals surface area contributed by atoms with Crippen LogP contribution in [0.1, 0.15) is 52.7 Å². The zero-order chi connectivity index (χ0) is 22.2. The number of rotatable bonds is 6. The number of aromatic carboxylic acids is 1. The molecule has 2 fully saturated rings. The minimum absolute atomic E-state index is 0.0933. The van der Waals surface area contributed by atoms with Crippen molar-refractivity contribution in [3.63, 3.8) is 0 Å². The normalized spacial score (nSPS) is 20.4. The van der Waals surface area contributed by atoms with Crippen LogP contribution in [0.2, 0.25) is 0 Å². The predicted molar refractivity (Wildman–Crippen MR) is 107 cm³/mol. The number of carbonyl (C=O) groups is 2. The van der Waals surface area contributed by atoms with Gasteiger partial charge in [0.15, 0.2) is 0 Å². The van der Waals surface area contributed by atoms with Gasteiger partial charge in [-0.25, -0.2) is 4.79 Å². The van der Waals surface area contributed by atoms with Crippen LogP contribution < -0.4 is 5.32 Å². The summed E-state index contributed by atoms with van der Waals surface area (Å²) in [4.78, 5) is 26.1. The molecule has 0 unspecified atom stereocenters. The summed E-state index contributed by atoms with van der Waals surface area (Å²) in [6.45, 7) is 1.12. The molecule has 1 aliphatic carbocycles. The standard InChI is InChI=1S/C23H23F3N2O3/c24-23(25,26)18-7-3-15(4-8-18)14-28-13-1-2-19(28)20(29)27-22(11-12-22)17-9-5-16(6-10-17)21(30)31/h3-10,19H,1-2,11-14H2,(H,27,29)(H,30,31)/t19-/m0/s1. The monoisotopic (exact) mass is 432 g/mol. The van der Waals surface area contributed by atoms with Gasteiger partial charge in [-0.2, -0.15) is 13.2 Å². The lowest BCUT2D eigenvalue weighted by molar-refractivity contribution is -0.137. The summed E-state index contributed by atoms with van der Waals surface area (Å²) in [6, 6.07) is 11.3. The SMILES string of the molecule is O=C(O)c1ccc(C2(NC(=O)[C@@H]3CCCN3Cc3ccc(C(F)(F)F)cc3)CC2)cc1. The Kier molecular flexibility index (Phi) is 5.51. The highest BCUT2D eigenvalue weighted by Gasteiger charge is 2.47. The average Bonchev–Trinajstić information content (AvgIpc) is 3.36. The third-order valence-electron chi connectivity index (χ3n) is 6.13. The highest BCUT2D eigenvalue weighted by atomic mass is 19.4. The second kappa shape index (κ2) is 8.00. The molecular weight excluding hydrogens is 409 g/mol. The second-order valence-electron chi connectivity index (χ2n) is 8.28. The number of likely N-dealkylation sites (tertiary alicyclic amines) is 1. The van der Waals surface area contributed by atoms with Crippen LogP contribution in [0.5, 0.6) is 0 Å². The van der Waals surface area contributed by atoms with E-state index in [1.54, 1.807) is 12.1 Å². The van der Waals surface area contributed by atoms with E-state index >= 15 is 0 Å². The van der Waals surface area contributed by atoms with E-state index in [1.165, 1.54) is 24.3 Å². The molecule has 5 nitrogen and oxygen atoms in total. The molecule has 2 N–H and O–H groups in total. The quantitative estimate of drug-likeness (QED) is 0.719. The Morgan fingerprint density at radius 1 is 1.06 bits per heavy atom. The Morgan fingerprint density at radius 2 is 1.71 bits per heavy atom. The molecule has 0 aromatic heterocycles. The first-order valence-corrected chi connectivity index (χ1v) is 10.2. The van der Waals surface area contributed by atoms with E-state index in [0.29, 0.717) is 19.5 Å². The summed E-state index contributed by atoms with van der Waals surface area (Å²) in [5.74, 6) is -1.09. The second-order valence-corrected chi connectivity index (χ2v) is 8.28. The van der Waals surface area contributed by atoms with Crippen LogP contribution in [-0.2, 0) is 23.1 Å². The molecule has 8 heteroatoms. The summed E-state index contributed by atoms with van der Waals surface area (Å²) in [5.41, 5.74) is 0.675. The van der Waals surface area contributed by atoms with Crippen LogP contribution in [0.25, 0.3) is 0 Å². The van der Waals surface area contributed by atoms with Crippen molar-refractivity contribution >= 4 is 11.9 Å². The number of halogens is 3. The molecule has 1 amide bonds. The number of carbonyl (C=O) groups excluding carboxylic acids is 1. The van der Waals surface area contributed by atoms with Gasteiger partial charge in [0.05, 0.1) is 22.7 Å². The largest absolute Gasteiger partial charge is 0.478 e. The molecule has 1 atom stereocenters. The molecular formula is C23H23F3N2O3. The fourth-order valence-electron chi connectivity index (χ4n) is 4.21. The minimum atomic E-state index is -4.37. The van der Waals surface area contributed by atoms with Gasteiger partial charge in [-0.1, -0.05) is 24.3 Å². The highest BCUT2D eigenvalue weighted by molar-refractivity contribution is 5.87. The van der Waals surface area contributed by atoms with Crippen molar-refractivity contribution in [3.05, 3.63) is 70.8 Å². The topological polar surface area (TPSA) is 69.6 Å². The van der Waals surface area contributed by atoms with Crippen LogP contribution in [-0.4, -0.2) is 34.5 Å². The van der Waals surface area contributed by atoms with Gasteiger partial charge in [-0.15, -0.1) is 0 Å². The van der Waals surface area contributed by atoms with Gasteiger partial charge in [0.2, 0.25) is 5.91 Å². The maximum absolute atomic E-state index is 13.0. The van der Waals surface area contributed by atoms with Crippen molar-refractivity contribution in [3.8, 4) is 0 Å². The van der Waals surface area contributed by atoms with E-state index < -0.39 is 23.2 Å². The van der Waals surface area contributed by atoms with Gasteiger partial charge in [0, 0.05) is 6.54 Å². The van der Waals surface area contributed by atoms with Crippen LogP contribution in [0, 0.1) is 0 Å². The zero-order valence-corrected chi connectivity index (χ0v) is 16.8. The number of benzene rings is 2.